The van der Waals surface area contributed by atoms with Crippen LogP contribution in [-0.4, -0.2) is 23.4 Å². The highest BCUT2D eigenvalue weighted by Gasteiger charge is 2.41. The van der Waals surface area contributed by atoms with Crippen molar-refractivity contribution in [3.05, 3.63) is 35.6 Å². The van der Waals surface area contributed by atoms with Crippen LogP contribution in [0.3, 0.4) is 0 Å². The van der Waals surface area contributed by atoms with E-state index in [9.17, 15) is 9.18 Å². The van der Waals surface area contributed by atoms with Gasteiger partial charge < -0.3 is 4.90 Å². The van der Waals surface area contributed by atoms with E-state index in [1.807, 2.05) is 19.9 Å². The van der Waals surface area contributed by atoms with Gasteiger partial charge in [0.05, 0.1) is 6.04 Å². The van der Waals surface area contributed by atoms with Crippen LogP contribution in [0, 0.1) is 11.7 Å². The summed E-state index contributed by atoms with van der Waals surface area (Å²) in [4.78, 5) is 14.3. The SMILES string of the molecule is CCCCN1C(=O)C(C(C)C)NC1c1ccccc1F. The summed E-state index contributed by atoms with van der Waals surface area (Å²) < 4.78 is 14.0. The van der Waals surface area contributed by atoms with Crippen molar-refractivity contribution < 1.29 is 9.18 Å². The van der Waals surface area contributed by atoms with E-state index in [0.29, 0.717) is 12.1 Å². The first kappa shape index (κ1) is 15.0. The maximum Gasteiger partial charge on any atom is 0.241 e. The lowest BCUT2D eigenvalue weighted by molar-refractivity contribution is -0.130. The Balaban J connectivity index is 2.29. The fourth-order valence-corrected chi connectivity index (χ4v) is 2.64. The molecule has 1 heterocycles. The molecule has 2 atom stereocenters. The van der Waals surface area contributed by atoms with Gasteiger partial charge in [0.2, 0.25) is 5.91 Å². The molecular weight excluding hydrogens is 255 g/mol. The lowest BCUT2D eigenvalue weighted by Gasteiger charge is -2.24. The molecule has 2 rings (SSSR count). The maximum atomic E-state index is 14.0. The molecule has 1 aliphatic rings. The molecule has 1 aromatic carbocycles. The van der Waals surface area contributed by atoms with Crippen molar-refractivity contribution in [2.75, 3.05) is 6.54 Å². The van der Waals surface area contributed by atoms with Gasteiger partial charge in [-0.15, -0.1) is 0 Å². The zero-order chi connectivity index (χ0) is 14.7. The number of rotatable bonds is 5. The van der Waals surface area contributed by atoms with Crippen molar-refractivity contribution in [1.29, 1.82) is 0 Å². The molecular formula is C16H23FN2O. The number of halogens is 1. The van der Waals surface area contributed by atoms with E-state index >= 15 is 0 Å². The molecule has 1 fully saturated rings. The second kappa shape index (κ2) is 6.35. The van der Waals surface area contributed by atoms with Crippen molar-refractivity contribution in [3.8, 4) is 0 Å². The maximum absolute atomic E-state index is 14.0. The molecule has 1 saturated heterocycles. The molecule has 3 nitrogen and oxygen atoms in total. The molecule has 110 valence electrons. The van der Waals surface area contributed by atoms with Gasteiger partial charge in [-0.2, -0.15) is 0 Å². The summed E-state index contributed by atoms with van der Waals surface area (Å²) in [7, 11) is 0. The van der Waals surface area contributed by atoms with Crippen LogP contribution >= 0.6 is 0 Å². The molecule has 1 aromatic rings. The minimum absolute atomic E-state index is 0.0849. The Kier molecular flexibility index (Phi) is 4.76. The summed E-state index contributed by atoms with van der Waals surface area (Å²) in [6, 6.07) is 6.46. The third-order valence-corrected chi connectivity index (χ3v) is 3.82. The van der Waals surface area contributed by atoms with Crippen LogP contribution in [-0.2, 0) is 4.79 Å². The van der Waals surface area contributed by atoms with Crippen molar-refractivity contribution in [1.82, 2.24) is 10.2 Å². The lowest BCUT2D eigenvalue weighted by Crippen LogP contribution is -2.34. The van der Waals surface area contributed by atoms with Gasteiger partial charge in [-0.1, -0.05) is 45.4 Å². The van der Waals surface area contributed by atoms with Crippen molar-refractivity contribution >= 4 is 5.91 Å². The van der Waals surface area contributed by atoms with Crippen molar-refractivity contribution in [2.24, 2.45) is 5.92 Å². The van der Waals surface area contributed by atoms with E-state index in [1.54, 1.807) is 17.0 Å². The summed E-state index contributed by atoms with van der Waals surface area (Å²) in [5, 5.41) is 3.29. The minimum atomic E-state index is -0.345. The molecule has 0 spiro atoms. The van der Waals surface area contributed by atoms with Gasteiger partial charge in [-0.05, 0) is 18.4 Å². The molecule has 0 radical (unpaired) electrons. The first-order valence-electron chi connectivity index (χ1n) is 7.37. The summed E-state index contributed by atoms with van der Waals surface area (Å²) in [6.07, 6.45) is 1.60. The predicted molar refractivity (Wildman–Crippen MR) is 77.5 cm³/mol. The molecule has 1 N–H and O–H groups in total. The molecule has 2 unspecified atom stereocenters. The van der Waals surface area contributed by atoms with E-state index < -0.39 is 0 Å². The fraction of sp³-hybridized carbons (Fsp3) is 0.562. The van der Waals surface area contributed by atoms with Gasteiger partial charge >= 0.3 is 0 Å². The number of carbonyl (C=O) groups is 1. The average Bonchev–Trinajstić information content (AvgIpc) is 2.74. The number of benzene rings is 1. The van der Waals surface area contributed by atoms with Gasteiger partial charge in [-0.25, -0.2) is 4.39 Å². The summed E-state index contributed by atoms with van der Waals surface area (Å²) in [5.74, 6) is 0.0220. The second-order valence-corrected chi connectivity index (χ2v) is 5.70. The van der Waals surface area contributed by atoms with Crippen LogP contribution in [0.4, 0.5) is 4.39 Å². The Hall–Kier alpha value is -1.42. The fourth-order valence-electron chi connectivity index (χ4n) is 2.64. The molecule has 0 bridgehead atoms. The third-order valence-electron chi connectivity index (χ3n) is 3.82. The number of hydrogen-bond acceptors (Lipinski definition) is 2. The van der Waals surface area contributed by atoms with E-state index in [1.165, 1.54) is 6.07 Å². The Morgan fingerprint density at radius 1 is 1.35 bits per heavy atom. The highest BCUT2D eigenvalue weighted by molar-refractivity contribution is 5.84. The molecule has 0 aromatic heterocycles. The highest BCUT2D eigenvalue weighted by Crippen LogP contribution is 2.29. The summed E-state index contributed by atoms with van der Waals surface area (Å²) in [6.45, 7) is 6.78. The smallest absolute Gasteiger partial charge is 0.241 e. The number of amides is 1. The monoisotopic (exact) mass is 278 g/mol. The molecule has 1 aliphatic heterocycles. The van der Waals surface area contributed by atoms with Gasteiger partial charge in [0.1, 0.15) is 12.0 Å². The first-order valence-corrected chi connectivity index (χ1v) is 7.37. The molecule has 4 heteroatoms. The van der Waals surface area contributed by atoms with Crippen LogP contribution in [0.15, 0.2) is 24.3 Å². The predicted octanol–water partition coefficient (Wildman–Crippen LogP) is 3.08. The first-order chi connectivity index (χ1) is 9.56. The van der Waals surface area contributed by atoms with Gasteiger partial charge in [-0.3, -0.25) is 10.1 Å². The third kappa shape index (κ3) is 2.85. The average molecular weight is 278 g/mol. The number of nitrogens with zero attached hydrogens (tertiary/aromatic N) is 1. The zero-order valence-corrected chi connectivity index (χ0v) is 12.4. The number of hydrogen-bond donors (Lipinski definition) is 1. The number of unbranched alkanes of at least 4 members (excludes halogenated alkanes) is 1. The Bertz CT molecular complexity index is 475. The Morgan fingerprint density at radius 2 is 2.05 bits per heavy atom. The van der Waals surface area contributed by atoms with E-state index in [0.717, 1.165) is 12.8 Å². The number of carbonyl (C=O) groups excluding carboxylic acids is 1. The standard InChI is InChI=1S/C16H23FN2O/c1-4-5-10-19-15(12-8-6-7-9-13(12)17)18-14(11(2)3)16(19)20/h6-9,11,14-15,18H,4-5,10H2,1-3H3. The molecule has 0 aliphatic carbocycles. The van der Waals surface area contributed by atoms with Crippen LogP contribution in [0.2, 0.25) is 0 Å². The molecule has 0 saturated carbocycles. The normalized spacial score (nSPS) is 22.9. The van der Waals surface area contributed by atoms with Crippen molar-refractivity contribution in [2.45, 2.75) is 45.8 Å². The molecule has 20 heavy (non-hydrogen) atoms. The summed E-state index contributed by atoms with van der Waals surface area (Å²) >= 11 is 0. The van der Waals surface area contributed by atoms with Gasteiger partial charge in [0, 0.05) is 12.1 Å². The van der Waals surface area contributed by atoms with Crippen LogP contribution in [0.25, 0.3) is 0 Å². The Morgan fingerprint density at radius 3 is 2.65 bits per heavy atom. The van der Waals surface area contributed by atoms with E-state index in [2.05, 4.69) is 12.2 Å². The Labute approximate surface area is 120 Å². The van der Waals surface area contributed by atoms with Gasteiger partial charge in [0.15, 0.2) is 0 Å². The van der Waals surface area contributed by atoms with Crippen LogP contribution in [0.1, 0.15) is 45.3 Å². The van der Waals surface area contributed by atoms with Crippen molar-refractivity contribution in [3.63, 3.8) is 0 Å². The summed E-state index contributed by atoms with van der Waals surface area (Å²) in [5.41, 5.74) is 0.556. The highest BCUT2D eigenvalue weighted by atomic mass is 19.1. The largest absolute Gasteiger partial charge is 0.321 e. The lowest BCUT2D eigenvalue weighted by atomic mass is 10.0. The van der Waals surface area contributed by atoms with Gasteiger partial charge in [0.25, 0.3) is 0 Å². The number of nitrogens with one attached hydrogen (secondary N) is 1. The quantitative estimate of drug-likeness (QED) is 0.897. The van der Waals surface area contributed by atoms with E-state index in [-0.39, 0.29) is 29.8 Å². The second-order valence-electron chi connectivity index (χ2n) is 5.70. The zero-order valence-electron chi connectivity index (χ0n) is 12.4. The molecule has 1 amide bonds. The van der Waals surface area contributed by atoms with E-state index in [4.69, 9.17) is 0 Å². The van der Waals surface area contributed by atoms with Crippen LogP contribution in [0.5, 0.6) is 0 Å². The topological polar surface area (TPSA) is 32.3 Å². The minimum Gasteiger partial charge on any atom is -0.321 e. The van der Waals surface area contributed by atoms with Crippen LogP contribution < -0.4 is 5.32 Å².